The van der Waals surface area contributed by atoms with E-state index in [1.807, 2.05) is 24.3 Å². The average molecular weight is 622 g/mol. The highest BCUT2D eigenvalue weighted by atomic mass is 35.5. The van der Waals surface area contributed by atoms with Crippen LogP contribution in [0, 0.1) is 5.92 Å². The fraction of sp³-hybridized carbons (Fsp3) is 0.250. The van der Waals surface area contributed by atoms with E-state index >= 15 is 0 Å². The van der Waals surface area contributed by atoms with E-state index < -0.39 is 29.9 Å². The zero-order chi connectivity index (χ0) is 30.8. The highest BCUT2D eigenvalue weighted by Gasteiger charge is 2.24. The first-order valence-corrected chi connectivity index (χ1v) is 15.0. The van der Waals surface area contributed by atoms with Gasteiger partial charge in [-0.1, -0.05) is 73.1 Å². The number of nitrogens with one attached hydrogen (secondary N) is 3. The minimum atomic E-state index is -0.938. The highest BCUT2D eigenvalue weighted by Crippen LogP contribution is 2.26. The van der Waals surface area contributed by atoms with Gasteiger partial charge in [0.15, 0.2) is 0 Å². The number of benzene rings is 3. The lowest BCUT2D eigenvalue weighted by Crippen LogP contribution is -2.44. The standard InChI is InChI=1S/C32H32ClN3O6S/c1-20(31(39)40)17-21-9-3-6-13-25(21)35-29(37)26(36-30(38)28-18-22-10-4-7-15-27(22)43-28)14-8-16-34-32(41)42-19-23-11-2-5-12-24(23)33/h2-7,9-13,15,18,20,26H,8,14,16-17,19H2,1H3,(H,34,41)(H,35,37)(H,36,38)(H,39,40)/t20?,26-/m0/s1. The molecule has 1 aromatic heterocycles. The lowest BCUT2D eigenvalue weighted by Gasteiger charge is -2.20. The van der Waals surface area contributed by atoms with Crippen LogP contribution in [0.5, 0.6) is 0 Å². The summed E-state index contributed by atoms with van der Waals surface area (Å²) < 4.78 is 6.18. The summed E-state index contributed by atoms with van der Waals surface area (Å²) in [7, 11) is 0. The monoisotopic (exact) mass is 621 g/mol. The van der Waals surface area contributed by atoms with Crippen molar-refractivity contribution in [3.63, 3.8) is 0 Å². The Morgan fingerprint density at radius 2 is 1.65 bits per heavy atom. The Bertz CT molecular complexity index is 1570. The number of hydrogen-bond acceptors (Lipinski definition) is 6. The summed E-state index contributed by atoms with van der Waals surface area (Å²) in [4.78, 5) is 50.8. The molecule has 1 heterocycles. The van der Waals surface area contributed by atoms with Crippen LogP contribution in [-0.2, 0) is 27.4 Å². The van der Waals surface area contributed by atoms with Crippen molar-refractivity contribution in [1.29, 1.82) is 0 Å². The fourth-order valence-corrected chi connectivity index (χ4v) is 5.51. The Balaban J connectivity index is 1.40. The normalized spacial score (nSPS) is 12.2. The number of fused-ring (bicyclic) bond motifs is 1. The van der Waals surface area contributed by atoms with Gasteiger partial charge in [0.25, 0.3) is 5.91 Å². The summed E-state index contributed by atoms with van der Waals surface area (Å²) in [5.74, 6) is -2.43. The Kier molecular flexibility index (Phi) is 11.1. The molecule has 2 atom stereocenters. The Morgan fingerprint density at radius 3 is 2.40 bits per heavy atom. The van der Waals surface area contributed by atoms with Crippen LogP contribution in [0.25, 0.3) is 10.1 Å². The highest BCUT2D eigenvalue weighted by molar-refractivity contribution is 7.20. The smallest absolute Gasteiger partial charge is 0.407 e. The predicted octanol–water partition coefficient (Wildman–Crippen LogP) is 6.26. The quantitative estimate of drug-likeness (QED) is 0.130. The molecular formula is C32H32ClN3O6S. The fourth-order valence-electron chi connectivity index (χ4n) is 4.36. The molecule has 0 saturated carbocycles. The third-order valence-corrected chi connectivity index (χ3v) is 8.23. The Labute approximate surface area is 258 Å². The molecule has 224 valence electrons. The number of carbonyl (C=O) groups excluding carboxylic acids is 3. The van der Waals surface area contributed by atoms with Crippen LogP contribution in [0.3, 0.4) is 0 Å². The molecular weight excluding hydrogens is 590 g/mol. The van der Waals surface area contributed by atoms with Crippen LogP contribution in [0.4, 0.5) is 10.5 Å². The van der Waals surface area contributed by atoms with E-state index in [4.69, 9.17) is 16.3 Å². The summed E-state index contributed by atoms with van der Waals surface area (Å²) in [6.45, 7) is 1.82. The second-order valence-electron chi connectivity index (χ2n) is 10.0. The van der Waals surface area contributed by atoms with Gasteiger partial charge < -0.3 is 25.8 Å². The molecule has 1 unspecified atom stereocenters. The molecule has 0 aliphatic heterocycles. The van der Waals surface area contributed by atoms with Crippen molar-refractivity contribution in [1.82, 2.24) is 10.6 Å². The average Bonchev–Trinajstić information content (AvgIpc) is 3.44. The van der Waals surface area contributed by atoms with Gasteiger partial charge in [0.05, 0.1) is 10.8 Å². The van der Waals surface area contributed by atoms with E-state index in [9.17, 15) is 24.3 Å². The van der Waals surface area contributed by atoms with Crippen molar-refractivity contribution in [2.75, 3.05) is 11.9 Å². The second-order valence-corrected chi connectivity index (χ2v) is 11.5. The summed E-state index contributed by atoms with van der Waals surface area (Å²) in [6, 6.07) is 22.5. The Hall–Kier alpha value is -4.41. The largest absolute Gasteiger partial charge is 0.481 e. The predicted molar refractivity (Wildman–Crippen MR) is 168 cm³/mol. The maximum atomic E-state index is 13.5. The molecule has 0 saturated heterocycles. The summed E-state index contributed by atoms with van der Waals surface area (Å²) in [5.41, 5.74) is 1.82. The number of anilines is 1. The van der Waals surface area contributed by atoms with Gasteiger partial charge in [0.2, 0.25) is 5.91 Å². The number of carbonyl (C=O) groups is 4. The lowest BCUT2D eigenvalue weighted by molar-refractivity contribution is -0.141. The molecule has 3 aromatic carbocycles. The van der Waals surface area contributed by atoms with Crippen LogP contribution in [0.15, 0.2) is 78.9 Å². The number of alkyl carbamates (subject to hydrolysis) is 1. The molecule has 4 rings (SSSR count). The third-order valence-electron chi connectivity index (χ3n) is 6.75. The zero-order valence-electron chi connectivity index (χ0n) is 23.5. The molecule has 0 aliphatic rings. The van der Waals surface area contributed by atoms with Crippen molar-refractivity contribution >= 4 is 62.6 Å². The number of rotatable bonds is 13. The molecule has 9 nitrogen and oxygen atoms in total. The molecule has 4 N–H and O–H groups in total. The maximum Gasteiger partial charge on any atom is 0.407 e. The van der Waals surface area contributed by atoms with Gasteiger partial charge in [-0.15, -0.1) is 11.3 Å². The van der Waals surface area contributed by atoms with Crippen LogP contribution >= 0.6 is 22.9 Å². The number of ether oxygens (including phenoxy) is 1. The van der Waals surface area contributed by atoms with E-state index in [2.05, 4.69) is 16.0 Å². The minimum absolute atomic E-state index is 0.0155. The van der Waals surface area contributed by atoms with Crippen molar-refractivity contribution in [3.8, 4) is 0 Å². The van der Waals surface area contributed by atoms with Crippen LogP contribution in [0.2, 0.25) is 5.02 Å². The van der Waals surface area contributed by atoms with Gasteiger partial charge in [0, 0.05) is 27.5 Å². The number of thiophene rings is 1. The van der Waals surface area contributed by atoms with E-state index in [1.165, 1.54) is 11.3 Å². The van der Waals surface area contributed by atoms with E-state index in [1.54, 1.807) is 61.5 Å². The van der Waals surface area contributed by atoms with Crippen molar-refractivity contribution in [2.24, 2.45) is 5.92 Å². The van der Waals surface area contributed by atoms with E-state index in [-0.39, 0.29) is 31.9 Å². The van der Waals surface area contributed by atoms with E-state index in [0.717, 1.165) is 10.1 Å². The van der Waals surface area contributed by atoms with Crippen molar-refractivity contribution in [3.05, 3.63) is 99.9 Å². The number of carboxylic acids is 1. The zero-order valence-corrected chi connectivity index (χ0v) is 25.0. The van der Waals surface area contributed by atoms with Gasteiger partial charge in [-0.25, -0.2) is 4.79 Å². The second kappa shape index (κ2) is 15.2. The van der Waals surface area contributed by atoms with E-state index in [0.29, 0.717) is 33.1 Å². The molecule has 3 amide bonds. The topological polar surface area (TPSA) is 134 Å². The number of amides is 3. The molecule has 0 fully saturated rings. The summed E-state index contributed by atoms with van der Waals surface area (Å²) in [6.07, 6.45) is 0.187. The first-order chi connectivity index (χ1) is 20.7. The number of para-hydroxylation sites is 1. The molecule has 0 spiro atoms. The molecule has 4 aromatic rings. The van der Waals surface area contributed by atoms with Crippen molar-refractivity contribution in [2.45, 2.75) is 38.8 Å². The van der Waals surface area contributed by atoms with Gasteiger partial charge >= 0.3 is 12.1 Å². The number of carboxylic acid groups (broad SMARTS) is 1. The number of halogens is 1. The van der Waals surface area contributed by atoms with Crippen LogP contribution < -0.4 is 16.0 Å². The van der Waals surface area contributed by atoms with Crippen molar-refractivity contribution < 1.29 is 29.0 Å². The molecule has 0 radical (unpaired) electrons. The molecule has 11 heteroatoms. The SMILES string of the molecule is CC(Cc1ccccc1NC(=O)[C@H](CCCNC(=O)OCc1ccccc1Cl)NC(=O)c1cc2ccccc2s1)C(=O)O. The van der Waals surface area contributed by atoms with Gasteiger partial charge in [-0.05, 0) is 54.5 Å². The van der Waals surface area contributed by atoms with Crippen LogP contribution in [-0.4, -0.2) is 41.6 Å². The lowest BCUT2D eigenvalue weighted by atomic mass is 9.99. The maximum absolute atomic E-state index is 13.5. The summed E-state index contributed by atoms with van der Waals surface area (Å²) in [5, 5.41) is 19.1. The minimum Gasteiger partial charge on any atom is -0.481 e. The number of hydrogen-bond donors (Lipinski definition) is 4. The Morgan fingerprint density at radius 1 is 0.953 bits per heavy atom. The first-order valence-electron chi connectivity index (χ1n) is 13.8. The van der Waals surface area contributed by atoms with Gasteiger partial charge in [-0.3, -0.25) is 14.4 Å². The van der Waals surface area contributed by atoms with Gasteiger partial charge in [0.1, 0.15) is 12.6 Å². The number of aliphatic carboxylic acids is 1. The summed E-state index contributed by atoms with van der Waals surface area (Å²) >= 11 is 7.43. The molecule has 43 heavy (non-hydrogen) atoms. The van der Waals surface area contributed by atoms with Crippen LogP contribution in [0.1, 0.15) is 40.6 Å². The molecule has 0 aliphatic carbocycles. The van der Waals surface area contributed by atoms with Gasteiger partial charge in [-0.2, -0.15) is 0 Å². The first kappa shape index (κ1) is 31.5. The molecule has 0 bridgehead atoms. The third kappa shape index (κ3) is 9.04.